The van der Waals surface area contributed by atoms with Crippen molar-refractivity contribution in [2.75, 3.05) is 17.2 Å². The summed E-state index contributed by atoms with van der Waals surface area (Å²) in [5.41, 5.74) is 1.59. The zero-order chi connectivity index (χ0) is 32.7. The van der Waals surface area contributed by atoms with Crippen LogP contribution in [0.15, 0.2) is 98.1 Å². The van der Waals surface area contributed by atoms with Crippen LogP contribution in [0, 0.1) is 6.92 Å². The first-order chi connectivity index (χ1) is 21.3. The number of azo groups is 2. The first-order valence-electron chi connectivity index (χ1n) is 12.9. The largest absolute Gasteiger partial charge is 1.00 e. The Morgan fingerprint density at radius 2 is 1.47 bits per heavy atom. The van der Waals surface area contributed by atoms with Gasteiger partial charge in [0.15, 0.2) is 0 Å². The van der Waals surface area contributed by atoms with Crippen molar-refractivity contribution < 1.29 is 96.6 Å². The van der Waals surface area contributed by atoms with Crippen molar-refractivity contribution in [3.8, 4) is 11.5 Å². The van der Waals surface area contributed by atoms with Gasteiger partial charge in [-0.1, -0.05) is 23.4 Å². The predicted molar refractivity (Wildman–Crippen MR) is 161 cm³/mol. The molecule has 0 aromatic heterocycles. The van der Waals surface area contributed by atoms with Crippen LogP contribution in [-0.2, 0) is 10.1 Å². The fourth-order valence-corrected chi connectivity index (χ4v) is 4.78. The molecule has 4 rings (SSSR count). The summed E-state index contributed by atoms with van der Waals surface area (Å²) in [7, 11) is -4.60. The molecule has 0 saturated heterocycles. The zero-order valence-corrected chi connectivity index (χ0v) is 31.1. The Hall–Kier alpha value is -3.38. The van der Waals surface area contributed by atoms with Gasteiger partial charge >= 0.3 is 65.1 Å². The first kappa shape index (κ1) is 39.8. The van der Waals surface area contributed by atoms with E-state index < -0.39 is 38.3 Å². The van der Waals surface area contributed by atoms with Crippen LogP contribution < -0.4 is 84.7 Å². The minimum absolute atomic E-state index is 0. The Morgan fingerprint density at radius 3 is 2.11 bits per heavy atom. The number of rotatable bonds is 10. The number of carbonyl (C=O) groups excluding carboxylic acids is 2. The number of hydrogen-bond donors (Lipinski definition) is 3. The number of halogens is 1. The average Bonchev–Trinajstić information content (AvgIpc) is 2.98. The molecule has 0 saturated carbocycles. The van der Waals surface area contributed by atoms with Gasteiger partial charge in [-0.3, -0.25) is 4.55 Å². The summed E-state index contributed by atoms with van der Waals surface area (Å²) in [6, 6.07) is 15.9. The van der Waals surface area contributed by atoms with Crippen LogP contribution in [0.3, 0.4) is 0 Å². The Balaban J connectivity index is 0.00000384. The number of aromatic carboxylic acids is 1. The summed E-state index contributed by atoms with van der Waals surface area (Å²) in [4.78, 5) is 23.4. The maximum atomic E-state index is 12.9. The SMILES string of the molecule is CCOc1cc(N=Nc2ccc(Cl)c(S(=O)(=O)O)c2)c(NC(=O)Nc2ccc(N=Nc3ccc([O-])c(C(=O)[O-])c3)cc2)cc1C.[Na+].[Na+]. The van der Waals surface area contributed by atoms with E-state index in [0.717, 1.165) is 18.2 Å². The fraction of sp³-hybridized carbons (Fsp3) is 0.103. The van der Waals surface area contributed by atoms with Crippen LogP contribution in [0.2, 0.25) is 5.02 Å². The predicted octanol–water partition coefficient (Wildman–Crippen LogP) is 0.214. The van der Waals surface area contributed by atoms with E-state index in [4.69, 9.17) is 16.3 Å². The molecule has 0 radical (unpaired) electrons. The van der Waals surface area contributed by atoms with Crippen molar-refractivity contribution in [1.82, 2.24) is 0 Å². The smallest absolute Gasteiger partial charge is 0.872 e. The number of hydrogen-bond acceptors (Lipinski definition) is 11. The minimum atomic E-state index is -4.60. The van der Waals surface area contributed by atoms with E-state index >= 15 is 0 Å². The second-order valence-corrected chi connectivity index (χ2v) is 10.9. The molecule has 14 nitrogen and oxygen atoms in total. The van der Waals surface area contributed by atoms with Gasteiger partial charge in [0.25, 0.3) is 10.1 Å². The molecule has 18 heteroatoms. The molecule has 0 aliphatic rings. The number of nitrogens with one attached hydrogen (secondary N) is 2. The molecule has 4 aromatic carbocycles. The molecular formula is C29H23ClN6Na2O8S. The van der Waals surface area contributed by atoms with Gasteiger partial charge in [0.1, 0.15) is 16.3 Å². The Kier molecular flexibility index (Phi) is 15.0. The molecule has 2 amide bonds. The molecule has 0 aliphatic heterocycles. The van der Waals surface area contributed by atoms with Crippen LogP contribution in [0.1, 0.15) is 22.8 Å². The van der Waals surface area contributed by atoms with Crippen molar-refractivity contribution in [2.24, 2.45) is 20.5 Å². The van der Waals surface area contributed by atoms with Crippen LogP contribution >= 0.6 is 11.6 Å². The van der Waals surface area contributed by atoms with E-state index in [1.54, 1.807) is 50.2 Å². The van der Waals surface area contributed by atoms with Gasteiger partial charge in [0.05, 0.1) is 40.3 Å². The van der Waals surface area contributed by atoms with E-state index in [9.17, 15) is 32.8 Å². The van der Waals surface area contributed by atoms with Gasteiger partial charge in [-0.2, -0.15) is 23.8 Å². The topological polar surface area (TPSA) is 217 Å². The molecule has 0 atom stereocenters. The third kappa shape index (κ3) is 11.1. The van der Waals surface area contributed by atoms with E-state index in [0.29, 0.717) is 29.3 Å². The molecule has 0 aliphatic carbocycles. The summed E-state index contributed by atoms with van der Waals surface area (Å²) >= 11 is 5.87. The maximum Gasteiger partial charge on any atom is 1.00 e. The van der Waals surface area contributed by atoms with Crippen LogP contribution in [-0.4, -0.2) is 31.6 Å². The van der Waals surface area contributed by atoms with Crippen LogP contribution in [0.25, 0.3) is 0 Å². The van der Waals surface area contributed by atoms with Gasteiger partial charge in [0.2, 0.25) is 0 Å². The number of nitrogens with zero attached hydrogens (tertiary/aromatic N) is 4. The zero-order valence-electron chi connectivity index (χ0n) is 25.5. The third-order valence-electron chi connectivity index (χ3n) is 5.90. The molecular weight excluding hydrogens is 674 g/mol. The molecule has 0 unspecified atom stereocenters. The first-order valence-corrected chi connectivity index (χ1v) is 14.7. The quantitative estimate of drug-likeness (QED) is 0.118. The van der Waals surface area contributed by atoms with E-state index in [2.05, 4.69) is 31.1 Å². The number of carboxylic acids is 1. The second kappa shape index (κ2) is 17.7. The van der Waals surface area contributed by atoms with Crippen LogP contribution in [0.4, 0.5) is 38.9 Å². The Morgan fingerprint density at radius 1 is 0.872 bits per heavy atom. The summed E-state index contributed by atoms with van der Waals surface area (Å²) in [6.07, 6.45) is 0. The van der Waals surface area contributed by atoms with Gasteiger partial charge in [0, 0.05) is 11.8 Å². The number of benzene rings is 4. The third-order valence-corrected chi connectivity index (χ3v) is 7.23. The number of urea groups is 1. The summed E-state index contributed by atoms with van der Waals surface area (Å²) < 4.78 is 38.2. The molecule has 0 spiro atoms. The second-order valence-electron chi connectivity index (χ2n) is 9.15. The van der Waals surface area contributed by atoms with Gasteiger partial charge < -0.3 is 30.4 Å². The summed E-state index contributed by atoms with van der Waals surface area (Å²) in [5.74, 6) is -1.83. The molecule has 4 aromatic rings. The molecule has 0 fully saturated rings. The Bertz CT molecular complexity index is 1940. The van der Waals surface area contributed by atoms with E-state index in [1.165, 1.54) is 18.2 Å². The van der Waals surface area contributed by atoms with Crippen molar-refractivity contribution in [2.45, 2.75) is 18.7 Å². The molecule has 0 heterocycles. The van der Waals surface area contributed by atoms with Gasteiger partial charge in [-0.25, -0.2) is 4.79 Å². The maximum absolute atomic E-state index is 12.9. The fourth-order valence-electron chi connectivity index (χ4n) is 3.79. The summed E-state index contributed by atoms with van der Waals surface area (Å²) in [6.45, 7) is 3.94. The number of amides is 2. The van der Waals surface area contributed by atoms with Crippen molar-refractivity contribution in [3.63, 3.8) is 0 Å². The number of anilines is 2. The number of aryl methyl sites for hydroxylation is 1. The standard InChI is InChI=1S/C29H25ClN6O8S.2Na/c1-3-44-26-15-24(36-35-20-8-10-22(30)27(14-20)45(41,42)43)23(12-16(26)2)32-29(40)31-17-4-6-18(7-5-17)33-34-19-9-11-25(37)21(13-19)28(38)39;;/h4-15,37H,3H2,1-2H3,(H,38,39)(H2,31,32,40)(H,41,42,43);;/q;2*+1/p-2. The van der Waals surface area contributed by atoms with Crippen molar-refractivity contribution >= 4 is 67.8 Å². The molecule has 0 bridgehead atoms. The van der Waals surface area contributed by atoms with Gasteiger partial charge in [-0.15, -0.1) is 5.11 Å². The number of carbonyl (C=O) groups is 2. The molecule has 3 N–H and O–H groups in total. The van der Waals surface area contributed by atoms with Crippen molar-refractivity contribution in [1.29, 1.82) is 0 Å². The minimum Gasteiger partial charge on any atom is -0.872 e. The molecule has 232 valence electrons. The average molecular weight is 697 g/mol. The van der Waals surface area contributed by atoms with E-state index in [1.807, 2.05) is 0 Å². The Labute approximate surface area is 318 Å². The van der Waals surface area contributed by atoms with Crippen LogP contribution in [0.5, 0.6) is 11.5 Å². The number of carboxylic acid groups (broad SMARTS) is 1. The monoisotopic (exact) mass is 696 g/mol. The molecule has 47 heavy (non-hydrogen) atoms. The number of ether oxygens (including phenoxy) is 1. The van der Waals surface area contributed by atoms with E-state index in [-0.39, 0.29) is 86.9 Å². The normalized spacial score (nSPS) is 11.1. The van der Waals surface area contributed by atoms with Crippen molar-refractivity contribution in [3.05, 3.63) is 88.9 Å². The summed E-state index contributed by atoms with van der Waals surface area (Å²) in [5, 5.41) is 43.9. The van der Waals surface area contributed by atoms with Gasteiger partial charge in [-0.05, 0) is 85.6 Å².